The van der Waals surface area contributed by atoms with Gasteiger partial charge in [-0.05, 0) is 81.1 Å². The molecule has 39 heavy (non-hydrogen) atoms. The molecular weight excluding hydrogens is 518 g/mol. The van der Waals surface area contributed by atoms with Crippen LogP contribution in [0.3, 0.4) is 0 Å². The minimum Gasteiger partial charge on any atom is -0.508 e. The molecule has 196 valence electrons. The number of phenolic OH excluding ortho intramolecular Hbond substituents is 1. The molecule has 1 saturated heterocycles. The van der Waals surface area contributed by atoms with Crippen LogP contribution in [0.15, 0.2) is 76.9 Å². The van der Waals surface area contributed by atoms with E-state index in [1.165, 1.54) is 30.0 Å². The van der Waals surface area contributed by atoms with E-state index in [1.54, 1.807) is 37.3 Å². The van der Waals surface area contributed by atoms with E-state index in [-0.39, 0.29) is 47.8 Å². The quantitative estimate of drug-likeness (QED) is 0.257. The van der Waals surface area contributed by atoms with Gasteiger partial charge >= 0.3 is 0 Å². The van der Waals surface area contributed by atoms with Gasteiger partial charge < -0.3 is 5.11 Å². The summed E-state index contributed by atoms with van der Waals surface area (Å²) in [5.41, 5.74) is 2.89. The molecule has 0 spiro atoms. The van der Waals surface area contributed by atoms with E-state index in [2.05, 4.69) is 0 Å². The number of fused-ring (bicyclic) bond motifs is 3. The maximum Gasteiger partial charge on any atom is 0.238 e. The van der Waals surface area contributed by atoms with E-state index in [0.717, 1.165) is 5.57 Å². The highest BCUT2D eigenvalue weighted by Crippen LogP contribution is 2.56. The van der Waals surface area contributed by atoms with Crippen molar-refractivity contribution in [2.75, 3.05) is 4.90 Å². The van der Waals surface area contributed by atoms with Gasteiger partial charge in [0.2, 0.25) is 11.8 Å². The molecule has 1 heterocycles. The Morgan fingerprint density at radius 2 is 1.72 bits per heavy atom. The second kappa shape index (κ2) is 8.99. The van der Waals surface area contributed by atoms with Crippen molar-refractivity contribution in [3.63, 3.8) is 0 Å². The normalized spacial score (nSPS) is 26.2. The van der Waals surface area contributed by atoms with Gasteiger partial charge in [-0.3, -0.25) is 28.9 Å². The number of amides is 2. The van der Waals surface area contributed by atoms with Crippen LogP contribution in [0.1, 0.15) is 48.5 Å². The number of carbonyl (C=O) groups is 5. The highest BCUT2D eigenvalue weighted by molar-refractivity contribution is 6.30. The third kappa shape index (κ3) is 3.75. The Bertz CT molecular complexity index is 1610. The number of rotatable bonds is 3. The van der Waals surface area contributed by atoms with Gasteiger partial charge in [-0.25, -0.2) is 0 Å². The fraction of sp³-hybridized carbons (Fsp3) is 0.258. The van der Waals surface area contributed by atoms with E-state index in [9.17, 15) is 29.1 Å². The fourth-order valence-corrected chi connectivity index (χ4v) is 6.75. The molecule has 1 N–H and O–H groups in total. The minimum absolute atomic E-state index is 0.0756. The predicted octanol–water partition coefficient (Wildman–Crippen LogP) is 4.88. The highest BCUT2D eigenvalue weighted by Gasteiger charge is 2.56. The summed E-state index contributed by atoms with van der Waals surface area (Å²) in [6.07, 6.45) is 3.63. The number of Topliss-reactive ketones (excluding diaryl/α,β-unsaturated/α-hetero) is 2. The number of nitrogens with zero attached hydrogens (tertiary/aromatic N) is 1. The van der Waals surface area contributed by atoms with Crippen LogP contribution in [0.5, 0.6) is 5.75 Å². The molecule has 0 bridgehead atoms. The Morgan fingerprint density at radius 1 is 1.00 bits per heavy atom. The second-order valence-electron chi connectivity index (χ2n) is 10.5. The van der Waals surface area contributed by atoms with Gasteiger partial charge in [0, 0.05) is 38.8 Å². The lowest BCUT2D eigenvalue weighted by Gasteiger charge is -2.42. The molecule has 4 unspecified atom stereocenters. The van der Waals surface area contributed by atoms with Crippen molar-refractivity contribution in [1.82, 2.24) is 0 Å². The molecule has 3 aliphatic carbocycles. The van der Waals surface area contributed by atoms with Gasteiger partial charge in [-0.2, -0.15) is 0 Å². The fourth-order valence-electron chi connectivity index (χ4n) is 6.57. The van der Waals surface area contributed by atoms with Gasteiger partial charge in [0.25, 0.3) is 0 Å². The molecule has 4 aliphatic rings. The van der Waals surface area contributed by atoms with Crippen molar-refractivity contribution < 1.29 is 29.1 Å². The van der Waals surface area contributed by atoms with Crippen LogP contribution >= 0.6 is 11.6 Å². The number of aromatic hydroxyl groups is 1. The van der Waals surface area contributed by atoms with E-state index in [0.29, 0.717) is 38.6 Å². The summed E-state index contributed by atoms with van der Waals surface area (Å²) in [4.78, 5) is 67.0. The first-order chi connectivity index (χ1) is 18.6. The van der Waals surface area contributed by atoms with E-state index in [1.807, 2.05) is 6.08 Å². The van der Waals surface area contributed by atoms with Crippen LogP contribution in [-0.2, 0) is 19.2 Å². The van der Waals surface area contributed by atoms with Gasteiger partial charge in [0.15, 0.2) is 17.3 Å². The zero-order valence-corrected chi connectivity index (χ0v) is 22.0. The Hall–Kier alpha value is -4.10. The van der Waals surface area contributed by atoms with Gasteiger partial charge in [-0.15, -0.1) is 0 Å². The molecule has 8 heteroatoms. The number of carbonyl (C=O) groups excluding carboxylic acids is 5. The van der Waals surface area contributed by atoms with Crippen molar-refractivity contribution in [2.24, 2.45) is 17.8 Å². The van der Waals surface area contributed by atoms with Crippen molar-refractivity contribution in [2.45, 2.75) is 32.6 Å². The molecule has 0 aromatic heterocycles. The summed E-state index contributed by atoms with van der Waals surface area (Å²) in [5, 5.41) is 11.2. The van der Waals surface area contributed by atoms with Crippen LogP contribution in [0.2, 0.25) is 5.02 Å². The molecule has 0 radical (unpaired) electrons. The highest BCUT2D eigenvalue weighted by atomic mass is 35.5. The number of phenols is 1. The first-order valence-electron chi connectivity index (χ1n) is 12.8. The Labute approximate surface area is 229 Å². The average Bonchev–Trinajstić information content (AvgIpc) is 3.17. The van der Waals surface area contributed by atoms with Gasteiger partial charge in [0.1, 0.15) is 5.75 Å². The summed E-state index contributed by atoms with van der Waals surface area (Å²) in [6, 6.07) is 10.9. The molecule has 4 atom stereocenters. The predicted molar refractivity (Wildman–Crippen MR) is 143 cm³/mol. The molecule has 7 nitrogen and oxygen atoms in total. The standard InChI is InChI=1S/C31H24ClNO6/c1-14-11-25(36)23-13-21-19(26(28(23)29(14)37)22-12-17(32)5-10-24(22)35)8-9-20-27(21)31(39)33(30(20)38)18-6-3-16(4-7-18)15(2)34/h3-8,10-12,20-21,26-27,35H,9,13H2,1-2H3. The lowest BCUT2D eigenvalue weighted by Crippen LogP contribution is -2.39. The first kappa shape index (κ1) is 25.2. The molecule has 0 saturated carbocycles. The summed E-state index contributed by atoms with van der Waals surface area (Å²) in [7, 11) is 0. The number of hydrogen-bond donors (Lipinski definition) is 1. The summed E-state index contributed by atoms with van der Waals surface area (Å²) in [5.74, 6) is -4.15. The zero-order valence-electron chi connectivity index (χ0n) is 21.2. The molecule has 1 aliphatic heterocycles. The topological polar surface area (TPSA) is 109 Å². The summed E-state index contributed by atoms with van der Waals surface area (Å²) in [6.45, 7) is 3.03. The SMILES string of the molecule is CC(=O)c1ccc(N2C(=O)C3CC=C4C(c5cc(Cl)ccc5O)C5=C(CC4C3C2=O)C(=O)C=C(C)C5=O)cc1. The monoisotopic (exact) mass is 541 g/mol. The third-order valence-corrected chi connectivity index (χ3v) is 8.63. The summed E-state index contributed by atoms with van der Waals surface area (Å²) < 4.78 is 0. The van der Waals surface area contributed by atoms with Crippen LogP contribution in [-0.4, -0.2) is 34.3 Å². The molecule has 6 rings (SSSR count). The van der Waals surface area contributed by atoms with Crippen LogP contribution in [0.4, 0.5) is 5.69 Å². The number of allylic oxidation sites excluding steroid dienone is 6. The minimum atomic E-state index is -0.773. The third-order valence-electron chi connectivity index (χ3n) is 8.40. The Kier molecular flexibility index (Phi) is 5.81. The average molecular weight is 542 g/mol. The van der Waals surface area contributed by atoms with Gasteiger partial charge in [0.05, 0.1) is 17.5 Å². The van der Waals surface area contributed by atoms with Crippen molar-refractivity contribution >= 4 is 46.5 Å². The molecular formula is C31H24ClNO6. The number of benzene rings is 2. The largest absolute Gasteiger partial charge is 0.508 e. The Morgan fingerprint density at radius 3 is 2.41 bits per heavy atom. The van der Waals surface area contributed by atoms with E-state index in [4.69, 9.17) is 11.6 Å². The van der Waals surface area contributed by atoms with Crippen molar-refractivity contribution in [3.8, 4) is 5.75 Å². The number of anilines is 1. The van der Waals surface area contributed by atoms with Crippen molar-refractivity contribution in [1.29, 1.82) is 0 Å². The molecule has 1 fully saturated rings. The maximum absolute atomic E-state index is 13.9. The van der Waals surface area contributed by atoms with Crippen LogP contribution < -0.4 is 4.90 Å². The number of hydrogen-bond acceptors (Lipinski definition) is 6. The molecule has 2 aromatic rings. The zero-order chi connectivity index (χ0) is 27.7. The molecule has 2 aromatic carbocycles. The Balaban J connectivity index is 1.47. The number of ketones is 3. The van der Waals surface area contributed by atoms with E-state index < -0.39 is 23.7 Å². The lowest BCUT2D eigenvalue weighted by molar-refractivity contribution is -0.123. The van der Waals surface area contributed by atoms with Crippen LogP contribution in [0.25, 0.3) is 0 Å². The maximum atomic E-state index is 13.9. The van der Waals surface area contributed by atoms with E-state index >= 15 is 0 Å². The number of imide groups is 1. The summed E-state index contributed by atoms with van der Waals surface area (Å²) >= 11 is 6.29. The van der Waals surface area contributed by atoms with Crippen LogP contribution in [0, 0.1) is 17.8 Å². The van der Waals surface area contributed by atoms with Crippen molar-refractivity contribution in [3.05, 3.63) is 93.1 Å². The molecule has 2 amide bonds. The lowest BCUT2D eigenvalue weighted by atomic mass is 9.59. The smallest absolute Gasteiger partial charge is 0.238 e. The second-order valence-corrected chi connectivity index (χ2v) is 11.0. The van der Waals surface area contributed by atoms with Gasteiger partial charge in [-0.1, -0.05) is 23.3 Å². The first-order valence-corrected chi connectivity index (χ1v) is 13.1. The number of halogens is 1.